The third-order valence-electron chi connectivity index (χ3n) is 4.61. The Morgan fingerprint density at radius 1 is 1.00 bits per heavy atom. The van der Waals surface area contributed by atoms with Crippen LogP contribution in [0.2, 0.25) is 0 Å². The average molecular weight is 348 g/mol. The first-order chi connectivity index (χ1) is 12.6. The van der Waals surface area contributed by atoms with Gasteiger partial charge >= 0.3 is 0 Å². The van der Waals surface area contributed by atoms with Gasteiger partial charge in [0.1, 0.15) is 5.75 Å². The van der Waals surface area contributed by atoms with Gasteiger partial charge in [-0.05, 0) is 48.6 Å². The smallest absolute Gasteiger partial charge is 0.251 e. The highest BCUT2D eigenvalue weighted by atomic mass is 16.5. The molecule has 1 amide bonds. The molecule has 4 heteroatoms. The molecule has 0 aliphatic heterocycles. The number of benzene rings is 3. The molecule has 0 heterocycles. The number of carbonyl (C=O) groups excluding carboxylic acids is 1. The van der Waals surface area contributed by atoms with E-state index in [4.69, 9.17) is 4.74 Å². The summed E-state index contributed by atoms with van der Waals surface area (Å²) < 4.78 is 5.22. The topological polar surface area (TPSA) is 41.6 Å². The number of likely N-dealkylation sites (N-methyl/N-ethyl adjacent to an activating group) is 1. The van der Waals surface area contributed by atoms with E-state index in [0.29, 0.717) is 12.1 Å². The van der Waals surface area contributed by atoms with Crippen LogP contribution in [0.4, 0.5) is 0 Å². The van der Waals surface area contributed by atoms with E-state index in [-0.39, 0.29) is 11.9 Å². The summed E-state index contributed by atoms with van der Waals surface area (Å²) >= 11 is 0. The third kappa shape index (κ3) is 3.86. The molecule has 1 N–H and O–H groups in total. The predicted octanol–water partition coefficient (Wildman–Crippen LogP) is 3.88. The standard InChI is InChI=1S/C22H24N2O2/c1-24(2)21(17-11-13-18(26-3)14-12-17)15-23-22(25)20-10-6-8-16-7-4-5-9-19(16)20/h4-14,21H,15H2,1-3H3,(H,23,25). The summed E-state index contributed by atoms with van der Waals surface area (Å²) in [6.45, 7) is 0.529. The number of hydrogen-bond donors (Lipinski definition) is 1. The summed E-state index contributed by atoms with van der Waals surface area (Å²) in [6.07, 6.45) is 0. The highest BCUT2D eigenvalue weighted by Crippen LogP contribution is 2.22. The van der Waals surface area contributed by atoms with Crippen molar-refractivity contribution in [1.82, 2.24) is 10.2 Å². The van der Waals surface area contributed by atoms with E-state index in [0.717, 1.165) is 22.1 Å². The van der Waals surface area contributed by atoms with Gasteiger partial charge < -0.3 is 15.0 Å². The number of fused-ring (bicyclic) bond motifs is 1. The number of amides is 1. The predicted molar refractivity (Wildman–Crippen MR) is 106 cm³/mol. The molecule has 0 saturated carbocycles. The van der Waals surface area contributed by atoms with E-state index in [1.807, 2.05) is 80.8 Å². The monoisotopic (exact) mass is 348 g/mol. The Morgan fingerprint density at radius 2 is 1.69 bits per heavy atom. The Labute approximate surface area is 154 Å². The van der Waals surface area contributed by atoms with Gasteiger partial charge in [-0.3, -0.25) is 4.79 Å². The van der Waals surface area contributed by atoms with E-state index in [1.165, 1.54) is 0 Å². The summed E-state index contributed by atoms with van der Waals surface area (Å²) in [6, 6.07) is 21.8. The van der Waals surface area contributed by atoms with Crippen molar-refractivity contribution < 1.29 is 9.53 Å². The number of carbonyl (C=O) groups is 1. The van der Waals surface area contributed by atoms with Crippen molar-refractivity contribution in [1.29, 1.82) is 0 Å². The molecule has 0 fully saturated rings. The molecule has 3 aromatic carbocycles. The molecular weight excluding hydrogens is 324 g/mol. The third-order valence-corrected chi connectivity index (χ3v) is 4.61. The quantitative estimate of drug-likeness (QED) is 0.735. The zero-order chi connectivity index (χ0) is 18.5. The molecule has 0 saturated heterocycles. The minimum absolute atomic E-state index is 0.0536. The minimum atomic E-state index is -0.0536. The number of nitrogens with one attached hydrogen (secondary N) is 1. The van der Waals surface area contributed by atoms with Crippen LogP contribution < -0.4 is 10.1 Å². The van der Waals surface area contributed by atoms with Gasteiger partial charge in [0.25, 0.3) is 5.91 Å². The molecule has 0 radical (unpaired) electrons. The van der Waals surface area contributed by atoms with E-state index in [2.05, 4.69) is 10.2 Å². The van der Waals surface area contributed by atoms with Crippen LogP contribution in [-0.2, 0) is 0 Å². The molecule has 4 nitrogen and oxygen atoms in total. The number of ether oxygens (including phenoxy) is 1. The number of rotatable bonds is 6. The highest BCUT2D eigenvalue weighted by molar-refractivity contribution is 6.07. The van der Waals surface area contributed by atoms with Gasteiger partial charge in [0, 0.05) is 12.1 Å². The molecule has 134 valence electrons. The van der Waals surface area contributed by atoms with Crippen molar-refractivity contribution in [3.8, 4) is 5.75 Å². The molecule has 3 aromatic rings. The Bertz CT molecular complexity index is 883. The van der Waals surface area contributed by atoms with Crippen molar-refractivity contribution in [3.05, 3.63) is 77.9 Å². The van der Waals surface area contributed by atoms with Crippen LogP contribution in [0, 0.1) is 0 Å². The first-order valence-corrected chi connectivity index (χ1v) is 8.66. The Balaban J connectivity index is 1.77. The van der Waals surface area contributed by atoms with Gasteiger partial charge in [0.15, 0.2) is 0 Å². The fraction of sp³-hybridized carbons (Fsp3) is 0.227. The first-order valence-electron chi connectivity index (χ1n) is 8.66. The van der Waals surface area contributed by atoms with E-state index >= 15 is 0 Å². The fourth-order valence-corrected chi connectivity index (χ4v) is 3.13. The van der Waals surface area contributed by atoms with Gasteiger partial charge in [-0.2, -0.15) is 0 Å². The summed E-state index contributed by atoms with van der Waals surface area (Å²) in [5, 5.41) is 5.13. The van der Waals surface area contributed by atoms with Crippen molar-refractivity contribution in [2.24, 2.45) is 0 Å². The largest absolute Gasteiger partial charge is 0.497 e. The second-order valence-electron chi connectivity index (χ2n) is 6.49. The van der Waals surface area contributed by atoms with Crippen molar-refractivity contribution in [2.45, 2.75) is 6.04 Å². The Morgan fingerprint density at radius 3 is 2.38 bits per heavy atom. The molecule has 1 atom stereocenters. The Hall–Kier alpha value is -2.85. The molecule has 0 aromatic heterocycles. The van der Waals surface area contributed by atoms with E-state index < -0.39 is 0 Å². The van der Waals surface area contributed by atoms with Crippen LogP contribution in [0.1, 0.15) is 22.0 Å². The van der Waals surface area contributed by atoms with Crippen LogP contribution >= 0.6 is 0 Å². The number of nitrogens with zero attached hydrogens (tertiary/aromatic N) is 1. The normalized spacial score (nSPS) is 12.2. The van der Waals surface area contributed by atoms with Crippen molar-refractivity contribution in [2.75, 3.05) is 27.7 Å². The van der Waals surface area contributed by atoms with Gasteiger partial charge in [-0.25, -0.2) is 0 Å². The van der Waals surface area contributed by atoms with Crippen LogP contribution in [0.15, 0.2) is 66.7 Å². The number of methoxy groups -OCH3 is 1. The van der Waals surface area contributed by atoms with Gasteiger partial charge in [0.05, 0.1) is 13.2 Å². The summed E-state index contributed by atoms with van der Waals surface area (Å²) in [5.41, 5.74) is 1.84. The maximum Gasteiger partial charge on any atom is 0.251 e. The minimum Gasteiger partial charge on any atom is -0.497 e. The summed E-state index contributed by atoms with van der Waals surface area (Å²) in [5.74, 6) is 0.771. The van der Waals surface area contributed by atoms with Crippen LogP contribution in [0.3, 0.4) is 0 Å². The van der Waals surface area contributed by atoms with Crippen LogP contribution in [-0.4, -0.2) is 38.6 Å². The van der Waals surface area contributed by atoms with Crippen LogP contribution in [0.25, 0.3) is 10.8 Å². The maximum atomic E-state index is 12.8. The molecule has 0 bridgehead atoms. The molecular formula is C22H24N2O2. The second kappa shape index (κ2) is 8.02. The number of hydrogen-bond acceptors (Lipinski definition) is 3. The Kier molecular flexibility index (Phi) is 5.54. The fourth-order valence-electron chi connectivity index (χ4n) is 3.13. The lowest BCUT2D eigenvalue weighted by Crippen LogP contribution is -2.34. The lowest BCUT2D eigenvalue weighted by molar-refractivity contribution is 0.0943. The summed E-state index contributed by atoms with van der Waals surface area (Å²) in [7, 11) is 5.68. The SMILES string of the molecule is COc1ccc(C(CNC(=O)c2cccc3ccccc23)N(C)C)cc1. The zero-order valence-corrected chi connectivity index (χ0v) is 15.4. The van der Waals surface area contributed by atoms with E-state index in [1.54, 1.807) is 7.11 Å². The summed E-state index contributed by atoms with van der Waals surface area (Å²) in [4.78, 5) is 14.9. The van der Waals surface area contributed by atoms with Crippen LogP contribution in [0.5, 0.6) is 5.75 Å². The molecule has 0 aliphatic carbocycles. The molecule has 3 rings (SSSR count). The lowest BCUT2D eigenvalue weighted by Gasteiger charge is -2.25. The molecule has 0 aliphatic rings. The van der Waals surface area contributed by atoms with Gasteiger partial charge in [-0.1, -0.05) is 48.5 Å². The average Bonchev–Trinajstić information content (AvgIpc) is 2.67. The van der Waals surface area contributed by atoms with Gasteiger partial charge in [0.2, 0.25) is 0 Å². The van der Waals surface area contributed by atoms with Crippen molar-refractivity contribution in [3.63, 3.8) is 0 Å². The highest BCUT2D eigenvalue weighted by Gasteiger charge is 2.17. The molecule has 26 heavy (non-hydrogen) atoms. The van der Waals surface area contributed by atoms with Gasteiger partial charge in [-0.15, -0.1) is 0 Å². The first kappa shape index (κ1) is 18.0. The lowest BCUT2D eigenvalue weighted by atomic mass is 10.0. The molecule has 0 spiro atoms. The van der Waals surface area contributed by atoms with E-state index in [9.17, 15) is 4.79 Å². The second-order valence-corrected chi connectivity index (χ2v) is 6.49. The maximum absolute atomic E-state index is 12.8. The van der Waals surface area contributed by atoms with Crippen molar-refractivity contribution >= 4 is 16.7 Å². The zero-order valence-electron chi connectivity index (χ0n) is 15.4. The molecule has 1 unspecified atom stereocenters.